The van der Waals surface area contributed by atoms with Gasteiger partial charge in [0.05, 0.1) is 23.1 Å². The predicted octanol–water partition coefficient (Wildman–Crippen LogP) is 2.36. The molecular formula is C23H21N5O5. The number of carbonyl (C=O) groups excluding carboxylic acids is 2. The molecule has 0 aliphatic carbocycles. The monoisotopic (exact) mass is 447 g/mol. The maximum Gasteiger partial charge on any atom is 0.339 e. The van der Waals surface area contributed by atoms with Gasteiger partial charge in [0, 0.05) is 43.5 Å². The van der Waals surface area contributed by atoms with Crippen LogP contribution in [0.25, 0.3) is 22.3 Å². The Morgan fingerprint density at radius 2 is 2.03 bits per heavy atom. The number of benzene rings is 1. The van der Waals surface area contributed by atoms with Gasteiger partial charge in [0.25, 0.3) is 11.5 Å². The van der Waals surface area contributed by atoms with Gasteiger partial charge in [-0.2, -0.15) is 4.98 Å². The van der Waals surface area contributed by atoms with Crippen LogP contribution in [0.4, 0.5) is 0 Å². The lowest BCUT2D eigenvalue weighted by molar-refractivity contribution is 0.0526. The lowest BCUT2D eigenvalue weighted by Crippen LogP contribution is -2.30. The second-order valence-electron chi connectivity index (χ2n) is 7.17. The Balaban J connectivity index is 1.45. The zero-order valence-corrected chi connectivity index (χ0v) is 18.1. The summed E-state index contributed by atoms with van der Waals surface area (Å²) in [4.78, 5) is 45.7. The van der Waals surface area contributed by atoms with Crippen LogP contribution in [0.5, 0.6) is 0 Å². The molecule has 3 heterocycles. The number of pyridine rings is 2. The summed E-state index contributed by atoms with van der Waals surface area (Å²) in [5.41, 5.74) is 1.47. The van der Waals surface area contributed by atoms with E-state index in [0.717, 1.165) is 0 Å². The first-order chi connectivity index (χ1) is 16.0. The number of fused-ring (bicyclic) bond motifs is 1. The molecule has 0 unspecified atom stereocenters. The highest BCUT2D eigenvalue weighted by Gasteiger charge is 2.13. The van der Waals surface area contributed by atoms with Crippen molar-refractivity contribution < 1.29 is 18.8 Å². The molecule has 0 aliphatic heterocycles. The van der Waals surface area contributed by atoms with E-state index in [1.165, 1.54) is 16.8 Å². The molecule has 0 aliphatic rings. The van der Waals surface area contributed by atoms with Crippen molar-refractivity contribution in [3.05, 3.63) is 76.2 Å². The first-order valence-corrected chi connectivity index (χ1v) is 10.3. The van der Waals surface area contributed by atoms with Crippen molar-refractivity contribution in [2.24, 2.45) is 0 Å². The highest BCUT2D eigenvalue weighted by Crippen LogP contribution is 2.17. The molecule has 4 rings (SSSR count). The standard InChI is InChI=1S/C23H21N5O5/c1-3-32-23(31)17-12-18-19(25-13-17)7-9-28(22(18)30)10-8-24-21(29)16-6-4-5-15(11-16)20-26-14(2)33-27-20/h4-7,9,11-13H,3,8,10H2,1-2H3,(H,24,29). The van der Waals surface area contributed by atoms with Crippen molar-refractivity contribution in [3.63, 3.8) is 0 Å². The van der Waals surface area contributed by atoms with E-state index in [-0.39, 0.29) is 36.7 Å². The fourth-order valence-electron chi connectivity index (χ4n) is 3.27. The molecule has 1 aromatic carbocycles. The van der Waals surface area contributed by atoms with E-state index in [2.05, 4.69) is 20.4 Å². The van der Waals surface area contributed by atoms with E-state index in [4.69, 9.17) is 9.26 Å². The van der Waals surface area contributed by atoms with Crippen LogP contribution in [-0.4, -0.2) is 44.7 Å². The van der Waals surface area contributed by atoms with Gasteiger partial charge in [0.15, 0.2) is 0 Å². The maximum absolute atomic E-state index is 12.8. The van der Waals surface area contributed by atoms with E-state index < -0.39 is 5.97 Å². The minimum atomic E-state index is -0.535. The molecule has 4 aromatic rings. The Morgan fingerprint density at radius 3 is 2.79 bits per heavy atom. The number of ether oxygens (including phenoxy) is 1. The summed E-state index contributed by atoms with van der Waals surface area (Å²) in [6, 6.07) is 10.0. The topological polar surface area (TPSA) is 129 Å². The van der Waals surface area contributed by atoms with Crippen molar-refractivity contribution in [1.82, 2.24) is 25.0 Å². The van der Waals surface area contributed by atoms with Crippen LogP contribution in [0.1, 0.15) is 33.5 Å². The van der Waals surface area contributed by atoms with Gasteiger partial charge >= 0.3 is 5.97 Å². The Bertz CT molecular complexity index is 1390. The quantitative estimate of drug-likeness (QED) is 0.428. The first kappa shape index (κ1) is 21.9. The van der Waals surface area contributed by atoms with Gasteiger partial charge < -0.3 is 19.1 Å². The minimum absolute atomic E-state index is 0.212. The smallest absolute Gasteiger partial charge is 0.339 e. The molecule has 33 heavy (non-hydrogen) atoms. The number of hydrogen-bond donors (Lipinski definition) is 1. The molecule has 0 radical (unpaired) electrons. The van der Waals surface area contributed by atoms with Gasteiger partial charge in [-0.3, -0.25) is 14.6 Å². The molecule has 0 saturated carbocycles. The summed E-state index contributed by atoms with van der Waals surface area (Å²) in [5, 5.41) is 6.96. The second-order valence-corrected chi connectivity index (χ2v) is 7.17. The van der Waals surface area contributed by atoms with Crippen molar-refractivity contribution in [1.29, 1.82) is 0 Å². The van der Waals surface area contributed by atoms with E-state index >= 15 is 0 Å². The lowest BCUT2D eigenvalue weighted by atomic mass is 10.1. The van der Waals surface area contributed by atoms with Crippen LogP contribution in [-0.2, 0) is 11.3 Å². The van der Waals surface area contributed by atoms with Gasteiger partial charge in [0.2, 0.25) is 11.7 Å². The molecule has 10 nitrogen and oxygen atoms in total. The van der Waals surface area contributed by atoms with Crippen molar-refractivity contribution in [2.45, 2.75) is 20.4 Å². The van der Waals surface area contributed by atoms with Crippen LogP contribution < -0.4 is 10.9 Å². The molecule has 10 heteroatoms. The SMILES string of the molecule is CCOC(=O)c1cnc2ccn(CCNC(=O)c3cccc(-c4noc(C)n4)c3)c(=O)c2c1. The fraction of sp³-hybridized carbons (Fsp3) is 0.217. The average Bonchev–Trinajstić information content (AvgIpc) is 3.27. The highest BCUT2D eigenvalue weighted by molar-refractivity contribution is 5.95. The van der Waals surface area contributed by atoms with Crippen molar-refractivity contribution >= 4 is 22.8 Å². The Hall–Kier alpha value is -4.34. The van der Waals surface area contributed by atoms with Gasteiger partial charge in [0.1, 0.15) is 0 Å². The third-order valence-corrected chi connectivity index (χ3v) is 4.88. The molecular weight excluding hydrogens is 426 g/mol. The molecule has 0 fully saturated rings. The van der Waals surface area contributed by atoms with Crippen LogP contribution in [0, 0.1) is 6.92 Å². The fourth-order valence-corrected chi connectivity index (χ4v) is 3.27. The molecule has 0 atom stereocenters. The van der Waals surface area contributed by atoms with E-state index in [0.29, 0.717) is 33.7 Å². The zero-order valence-electron chi connectivity index (χ0n) is 18.1. The molecule has 0 bridgehead atoms. The van der Waals surface area contributed by atoms with Gasteiger partial charge in [-0.15, -0.1) is 0 Å². The van der Waals surface area contributed by atoms with Crippen molar-refractivity contribution in [2.75, 3.05) is 13.2 Å². The number of carbonyl (C=O) groups is 2. The molecule has 168 valence electrons. The molecule has 0 spiro atoms. The first-order valence-electron chi connectivity index (χ1n) is 10.3. The number of aromatic nitrogens is 4. The number of hydrogen-bond acceptors (Lipinski definition) is 8. The normalized spacial score (nSPS) is 10.8. The number of nitrogens with one attached hydrogen (secondary N) is 1. The number of nitrogens with zero attached hydrogens (tertiary/aromatic N) is 4. The van der Waals surface area contributed by atoms with Crippen LogP contribution >= 0.6 is 0 Å². The number of aryl methyl sites for hydroxylation is 1. The third-order valence-electron chi connectivity index (χ3n) is 4.88. The predicted molar refractivity (Wildman–Crippen MR) is 119 cm³/mol. The van der Waals surface area contributed by atoms with E-state index in [9.17, 15) is 14.4 Å². The summed E-state index contributed by atoms with van der Waals surface area (Å²) < 4.78 is 11.4. The maximum atomic E-state index is 12.8. The van der Waals surface area contributed by atoms with Crippen LogP contribution in [0.2, 0.25) is 0 Å². The van der Waals surface area contributed by atoms with Crippen LogP contribution in [0.3, 0.4) is 0 Å². The van der Waals surface area contributed by atoms with Gasteiger partial charge in [-0.1, -0.05) is 17.3 Å². The highest BCUT2D eigenvalue weighted by atomic mass is 16.5. The largest absolute Gasteiger partial charge is 0.462 e. The second kappa shape index (κ2) is 9.43. The third kappa shape index (κ3) is 4.79. The minimum Gasteiger partial charge on any atom is -0.462 e. The summed E-state index contributed by atoms with van der Waals surface area (Å²) in [6.45, 7) is 4.09. The van der Waals surface area contributed by atoms with Gasteiger partial charge in [-0.05, 0) is 31.2 Å². The molecule has 3 aromatic heterocycles. The van der Waals surface area contributed by atoms with Gasteiger partial charge in [-0.25, -0.2) is 4.79 Å². The lowest BCUT2D eigenvalue weighted by Gasteiger charge is -2.09. The summed E-state index contributed by atoms with van der Waals surface area (Å²) in [5.74, 6) is 0.00951. The zero-order chi connectivity index (χ0) is 23.4. The average molecular weight is 447 g/mol. The number of amides is 1. The molecule has 0 saturated heterocycles. The molecule has 1 amide bonds. The molecule has 1 N–H and O–H groups in total. The summed E-state index contributed by atoms with van der Waals surface area (Å²) >= 11 is 0. The number of rotatable bonds is 7. The van der Waals surface area contributed by atoms with Crippen LogP contribution in [0.15, 0.2) is 58.1 Å². The number of esters is 1. The van der Waals surface area contributed by atoms with E-state index in [1.807, 2.05) is 0 Å². The Morgan fingerprint density at radius 1 is 1.18 bits per heavy atom. The summed E-state index contributed by atoms with van der Waals surface area (Å²) in [6.07, 6.45) is 2.99. The van der Waals surface area contributed by atoms with E-state index in [1.54, 1.807) is 50.4 Å². The van der Waals surface area contributed by atoms with Crippen molar-refractivity contribution in [3.8, 4) is 11.4 Å². The Kier molecular flexibility index (Phi) is 6.25. The summed E-state index contributed by atoms with van der Waals surface area (Å²) in [7, 11) is 0. The Labute approximate surface area is 188 Å².